The molecule has 520 valence electrons. The van der Waals surface area contributed by atoms with Gasteiger partial charge in [0, 0.05) is 42.9 Å². The largest absolute Gasteiger partial charge is 0.370 e. The molecule has 1 rings (SSSR count). The van der Waals surface area contributed by atoms with Crippen molar-refractivity contribution in [2.75, 3.05) is 24.6 Å². The molecule has 0 fully saturated rings. The Morgan fingerprint density at radius 2 is 0.815 bits per heavy atom. The third-order valence-corrected chi connectivity index (χ3v) is 14.9. The minimum absolute atomic E-state index is 0.00850. The van der Waals surface area contributed by atoms with E-state index in [0.717, 1.165) is 0 Å². The number of nitrogens with two attached hydrogens (primary N) is 6. The van der Waals surface area contributed by atoms with Crippen LogP contribution in [0.1, 0.15) is 133 Å². The van der Waals surface area contributed by atoms with Crippen LogP contribution in [0.25, 0.3) is 0 Å². The molecular formula is C57H103N21O12S2. The van der Waals surface area contributed by atoms with Gasteiger partial charge in [-0.3, -0.25) is 67.5 Å². The fourth-order valence-electron chi connectivity index (χ4n) is 8.87. The quantitative estimate of drug-likeness (QED) is 0.0126. The van der Waals surface area contributed by atoms with E-state index in [9.17, 15) is 57.5 Å². The Bertz CT molecular complexity index is 2660. The normalized spacial score (nSPS) is 15.4. The van der Waals surface area contributed by atoms with Crippen LogP contribution in [0, 0.1) is 23.7 Å². The van der Waals surface area contributed by atoms with Gasteiger partial charge in [0.05, 0.1) is 12.4 Å². The zero-order valence-corrected chi connectivity index (χ0v) is 56.5. The highest BCUT2D eigenvalue weighted by Crippen LogP contribution is 2.14. The van der Waals surface area contributed by atoms with Crippen LogP contribution in [0.2, 0.25) is 0 Å². The van der Waals surface area contributed by atoms with Crippen molar-refractivity contribution in [1.82, 2.24) is 68.5 Å². The van der Waals surface area contributed by atoms with E-state index in [1.54, 1.807) is 41.5 Å². The Morgan fingerprint density at radius 3 is 1.26 bits per heavy atom. The van der Waals surface area contributed by atoms with Crippen LogP contribution in [0.3, 0.4) is 0 Å². The summed E-state index contributed by atoms with van der Waals surface area (Å²) in [7, 11) is 0. The molecule has 1 heterocycles. The lowest BCUT2D eigenvalue weighted by Crippen LogP contribution is -2.61. The summed E-state index contributed by atoms with van der Waals surface area (Å²) in [5, 5.41) is 28.6. The van der Waals surface area contributed by atoms with Gasteiger partial charge in [0.2, 0.25) is 70.9 Å². The molecule has 0 aliphatic carbocycles. The summed E-state index contributed by atoms with van der Waals surface area (Å²) in [6, 6.07) is -14.8. The zero-order chi connectivity index (χ0) is 70.1. The lowest BCUT2D eigenvalue weighted by atomic mass is 9.96. The molecular weight excluding hydrogens is 1230 g/mol. The summed E-state index contributed by atoms with van der Waals surface area (Å²) in [5.41, 5.74) is 33.7. The van der Waals surface area contributed by atoms with E-state index in [4.69, 9.17) is 34.4 Å². The number of primary amides is 1. The molecule has 0 aromatic carbocycles. The first kappa shape index (κ1) is 82.1. The van der Waals surface area contributed by atoms with Crippen LogP contribution < -0.4 is 92.9 Å². The summed E-state index contributed by atoms with van der Waals surface area (Å²) in [5.74, 6) is -11.0. The standard InChI is InChI=1S/C57H103N21O12S2/c1-12-30(8)43(55(90)75-39(21-29(6)7)51(86)72-37(16-14-18-66-57(62)63)49(84)71-36(44(59)79)15-13-17-65-56(60)61)78-47(82)33(11)69-50(85)38(20-28(4)5)74-54(89)42(25-92)77-52(87)40(22-34-23-64-26-67-34)73-46(81)32(10)68-45(80)31(9)70-53(88)41(24-91)76-48(83)35(58)19-27(2)3/h23,26-33,35-43,91-92H,12-22,24-25,58H2,1-11H3,(H2,59,79)(H,64,67)(H,68,80)(H,69,85)(H,70,88)(H,71,84)(H,72,86)(H,73,81)(H,74,89)(H,75,90)(H,76,83)(H,77,87)(H,78,82)(H4,60,61,65)(H4,62,63,66)/t30-,31-,32-,33-,35-,36-,37-,38-,39-,40-,41-,42-,43-/m0/s1. The average Bonchev–Trinajstić information content (AvgIpc) is 2.54. The maximum Gasteiger partial charge on any atom is 0.244 e. The number of aromatic amines is 1. The second-order valence-corrected chi connectivity index (χ2v) is 24.7. The van der Waals surface area contributed by atoms with Crippen molar-refractivity contribution in [1.29, 1.82) is 0 Å². The van der Waals surface area contributed by atoms with Crippen LogP contribution >= 0.6 is 25.3 Å². The van der Waals surface area contributed by atoms with Gasteiger partial charge in [-0.2, -0.15) is 25.3 Å². The summed E-state index contributed by atoms with van der Waals surface area (Å²) in [4.78, 5) is 178. The lowest BCUT2D eigenvalue weighted by molar-refractivity contribution is -0.136. The topological polar surface area (TPSA) is 547 Å². The molecule has 35 heteroatoms. The van der Waals surface area contributed by atoms with Crippen LogP contribution in [0.5, 0.6) is 0 Å². The Hall–Kier alpha value is -7.95. The minimum Gasteiger partial charge on any atom is -0.370 e. The number of imidazole rings is 1. The Kier molecular flexibility index (Phi) is 37.7. The Labute approximate surface area is 549 Å². The van der Waals surface area contributed by atoms with E-state index >= 15 is 0 Å². The highest BCUT2D eigenvalue weighted by atomic mass is 32.1. The van der Waals surface area contributed by atoms with Crippen molar-refractivity contribution in [3.05, 3.63) is 18.2 Å². The van der Waals surface area contributed by atoms with Gasteiger partial charge in [-0.15, -0.1) is 0 Å². The van der Waals surface area contributed by atoms with Crippen LogP contribution in [0.4, 0.5) is 0 Å². The molecule has 92 heavy (non-hydrogen) atoms. The SMILES string of the molecule is CC[C@H](C)[C@H](NC(=O)[C@H](C)NC(=O)[C@H](CC(C)C)NC(=O)[C@H](CS)NC(=O)[C@H](Cc1cnc[nH]1)NC(=O)[C@H](C)NC(=O)[C@H](C)NC(=O)[C@H](CS)NC(=O)[C@@H](N)CC(C)C)C(=O)N[C@@H](CC(C)C)C(=O)N[C@@H](CCCN=C(N)N)C(=O)N[C@@H](CCCN=C(N)N)C(N)=O. The van der Waals surface area contributed by atoms with Gasteiger partial charge < -0.3 is 97.9 Å². The number of thiol groups is 2. The number of aromatic nitrogens is 2. The van der Waals surface area contributed by atoms with E-state index in [-0.39, 0.29) is 99.2 Å². The Morgan fingerprint density at radius 1 is 0.457 bits per heavy atom. The number of hydrogen-bond acceptors (Lipinski definition) is 18. The number of carbonyl (C=O) groups excluding carboxylic acids is 12. The van der Waals surface area contributed by atoms with E-state index in [0.29, 0.717) is 18.5 Å². The predicted octanol–water partition coefficient (Wildman–Crippen LogP) is -4.69. The molecule has 0 radical (unpaired) electrons. The Balaban J connectivity index is 3.29. The maximum absolute atomic E-state index is 14.3. The number of nitrogens with one attached hydrogen (secondary N) is 12. The van der Waals surface area contributed by atoms with Crippen molar-refractivity contribution >= 4 is 108 Å². The molecule has 13 atom stereocenters. The number of carbonyl (C=O) groups is 12. The number of rotatable bonds is 43. The molecule has 24 N–H and O–H groups in total. The number of hydrogen-bond donors (Lipinski definition) is 20. The molecule has 1 aromatic rings. The minimum atomic E-state index is -1.41. The molecule has 0 aliphatic rings. The monoisotopic (exact) mass is 1340 g/mol. The lowest BCUT2D eigenvalue weighted by Gasteiger charge is -2.29. The van der Waals surface area contributed by atoms with E-state index in [2.05, 4.69) is 104 Å². The summed E-state index contributed by atoms with van der Waals surface area (Å²) >= 11 is 8.46. The van der Waals surface area contributed by atoms with Gasteiger partial charge in [0.1, 0.15) is 66.5 Å². The first-order chi connectivity index (χ1) is 43.0. The average molecular weight is 1340 g/mol. The predicted molar refractivity (Wildman–Crippen MR) is 353 cm³/mol. The van der Waals surface area contributed by atoms with Crippen molar-refractivity contribution in [3.63, 3.8) is 0 Å². The van der Waals surface area contributed by atoms with Gasteiger partial charge >= 0.3 is 0 Å². The van der Waals surface area contributed by atoms with Gasteiger partial charge in [0.25, 0.3) is 0 Å². The van der Waals surface area contributed by atoms with Crippen molar-refractivity contribution in [3.8, 4) is 0 Å². The van der Waals surface area contributed by atoms with Crippen molar-refractivity contribution < 1.29 is 57.5 Å². The third-order valence-electron chi connectivity index (χ3n) is 14.2. The third kappa shape index (κ3) is 31.4. The van der Waals surface area contributed by atoms with Crippen molar-refractivity contribution in [2.45, 2.75) is 206 Å². The molecule has 0 aliphatic heterocycles. The van der Waals surface area contributed by atoms with Crippen LogP contribution in [0.15, 0.2) is 22.5 Å². The second-order valence-electron chi connectivity index (χ2n) is 23.9. The number of H-pyrrole nitrogens is 1. The number of guanidine groups is 2. The summed E-state index contributed by atoms with van der Waals surface area (Å²) in [6.45, 7) is 18.7. The smallest absolute Gasteiger partial charge is 0.244 e. The van der Waals surface area contributed by atoms with Crippen LogP contribution in [-0.4, -0.2) is 190 Å². The van der Waals surface area contributed by atoms with E-state index in [1.807, 2.05) is 13.8 Å². The number of nitrogens with zero attached hydrogens (tertiary/aromatic N) is 3. The number of amides is 12. The van der Waals surface area contributed by atoms with Gasteiger partial charge in [-0.05, 0) is 89.4 Å². The van der Waals surface area contributed by atoms with Gasteiger partial charge in [-0.1, -0.05) is 61.8 Å². The van der Waals surface area contributed by atoms with E-state index < -0.39 is 149 Å². The molecule has 12 amide bonds. The maximum atomic E-state index is 14.3. The number of aliphatic imine (C=N–C) groups is 2. The molecule has 33 nitrogen and oxygen atoms in total. The zero-order valence-electron chi connectivity index (χ0n) is 54.7. The van der Waals surface area contributed by atoms with E-state index in [1.165, 1.54) is 33.3 Å². The van der Waals surface area contributed by atoms with Crippen LogP contribution in [-0.2, 0) is 64.0 Å². The molecule has 0 spiro atoms. The first-order valence-electron chi connectivity index (χ1n) is 30.7. The second kappa shape index (κ2) is 42.2. The van der Waals surface area contributed by atoms with Crippen molar-refractivity contribution in [2.24, 2.45) is 68.1 Å². The molecule has 0 bridgehead atoms. The fourth-order valence-corrected chi connectivity index (χ4v) is 9.38. The first-order valence-corrected chi connectivity index (χ1v) is 32.0. The highest BCUT2D eigenvalue weighted by molar-refractivity contribution is 7.80. The highest BCUT2D eigenvalue weighted by Gasteiger charge is 2.36. The molecule has 0 unspecified atom stereocenters. The molecule has 0 saturated carbocycles. The fraction of sp³-hybridized carbons (Fsp3) is 0.702. The summed E-state index contributed by atoms with van der Waals surface area (Å²) < 4.78 is 0. The molecule has 1 aromatic heterocycles. The van der Waals surface area contributed by atoms with Gasteiger partial charge in [0.15, 0.2) is 11.9 Å². The van der Waals surface area contributed by atoms with Gasteiger partial charge in [-0.25, -0.2) is 4.98 Å². The molecule has 0 saturated heterocycles. The summed E-state index contributed by atoms with van der Waals surface area (Å²) in [6.07, 6.45) is 3.97.